The summed E-state index contributed by atoms with van der Waals surface area (Å²) in [6.07, 6.45) is 1.80. The number of ether oxygens (including phenoxy) is 2. The van der Waals surface area contributed by atoms with Gasteiger partial charge >= 0.3 is 0 Å². The van der Waals surface area contributed by atoms with E-state index >= 15 is 0 Å². The molecular formula is C16H12N2O4S. The second kappa shape index (κ2) is 5.77. The van der Waals surface area contributed by atoms with E-state index in [1.54, 1.807) is 24.5 Å². The number of anilines is 1. The van der Waals surface area contributed by atoms with Crippen molar-refractivity contribution < 1.29 is 18.7 Å². The van der Waals surface area contributed by atoms with Crippen LogP contribution in [0.2, 0.25) is 0 Å². The topological polar surface area (TPSA) is 73.6 Å². The summed E-state index contributed by atoms with van der Waals surface area (Å²) >= 11 is 1.45. The molecule has 3 heterocycles. The summed E-state index contributed by atoms with van der Waals surface area (Å²) < 4.78 is 15.8. The number of carbonyl (C=O) groups is 1. The Labute approximate surface area is 135 Å². The Bertz CT molecular complexity index is 842. The Kier molecular flexibility index (Phi) is 3.47. The normalized spacial score (nSPS) is 12.3. The van der Waals surface area contributed by atoms with Crippen molar-refractivity contribution in [3.63, 3.8) is 0 Å². The van der Waals surface area contributed by atoms with Crippen molar-refractivity contribution >= 4 is 22.9 Å². The highest BCUT2D eigenvalue weighted by Gasteiger charge is 2.15. The van der Waals surface area contributed by atoms with Gasteiger partial charge in [0, 0.05) is 17.1 Å². The average molecular weight is 328 g/mol. The van der Waals surface area contributed by atoms with Gasteiger partial charge in [0.2, 0.25) is 12.7 Å². The standard InChI is InChI=1S/C16H12N2O4S/c19-15(17-10-3-4-12-14(6-10)22-9-21-12)7-11-8-23-16(18-11)13-2-1-5-20-13/h1-6,8H,7,9H2,(H,17,19). The van der Waals surface area contributed by atoms with Gasteiger partial charge in [0.25, 0.3) is 0 Å². The van der Waals surface area contributed by atoms with E-state index in [0.717, 1.165) is 5.01 Å². The molecule has 7 heteroatoms. The molecule has 1 amide bonds. The van der Waals surface area contributed by atoms with Crippen LogP contribution in [0.5, 0.6) is 11.5 Å². The maximum atomic E-state index is 12.1. The van der Waals surface area contributed by atoms with Crippen LogP contribution < -0.4 is 14.8 Å². The van der Waals surface area contributed by atoms with E-state index in [9.17, 15) is 4.79 Å². The van der Waals surface area contributed by atoms with Gasteiger partial charge in [0.05, 0.1) is 18.4 Å². The Hall–Kier alpha value is -2.80. The van der Waals surface area contributed by atoms with Crippen LogP contribution >= 0.6 is 11.3 Å². The SMILES string of the molecule is O=C(Cc1csc(-c2ccco2)n1)Nc1ccc2c(c1)OCO2. The highest BCUT2D eigenvalue weighted by molar-refractivity contribution is 7.13. The van der Waals surface area contributed by atoms with Crippen molar-refractivity contribution in [1.82, 2.24) is 4.98 Å². The zero-order valence-corrected chi connectivity index (χ0v) is 12.8. The quantitative estimate of drug-likeness (QED) is 0.795. The van der Waals surface area contributed by atoms with Crippen LogP contribution in [0.15, 0.2) is 46.4 Å². The molecule has 0 aliphatic carbocycles. The van der Waals surface area contributed by atoms with Crippen LogP contribution in [0, 0.1) is 0 Å². The van der Waals surface area contributed by atoms with Crippen molar-refractivity contribution in [2.75, 3.05) is 12.1 Å². The molecule has 23 heavy (non-hydrogen) atoms. The van der Waals surface area contributed by atoms with E-state index in [0.29, 0.717) is 28.6 Å². The largest absolute Gasteiger partial charge is 0.462 e. The van der Waals surface area contributed by atoms with Gasteiger partial charge in [0.1, 0.15) is 0 Å². The van der Waals surface area contributed by atoms with Gasteiger partial charge in [-0.2, -0.15) is 0 Å². The van der Waals surface area contributed by atoms with Crippen molar-refractivity contribution in [3.8, 4) is 22.3 Å². The fourth-order valence-electron chi connectivity index (χ4n) is 2.25. The number of furan rings is 1. The number of fused-ring (bicyclic) bond motifs is 1. The van der Waals surface area contributed by atoms with Gasteiger partial charge in [-0.3, -0.25) is 4.79 Å². The fourth-order valence-corrected chi connectivity index (χ4v) is 3.03. The van der Waals surface area contributed by atoms with Crippen LogP contribution in [-0.4, -0.2) is 17.7 Å². The molecule has 0 saturated carbocycles. The molecule has 0 radical (unpaired) electrons. The lowest BCUT2D eigenvalue weighted by atomic mass is 10.2. The molecule has 1 N–H and O–H groups in total. The molecule has 0 atom stereocenters. The third-order valence-corrected chi connectivity index (χ3v) is 4.19. The van der Waals surface area contributed by atoms with Gasteiger partial charge in [-0.1, -0.05) is 0 Å². The smallest absolute Gasteiger partial charge is 0.231 e. The molecule has 3 aromatic rings. The molecule has 6 nitrogen and oxygen atoms in total. The van der Waals surface area contributed by atoms with Gasteiger partial charge in [-0.25, -0.2) is 4.98 Å². The number of rotatable bonds is 4. The average Bonchev–Trinajstić information content (AvgIpc) is 3.27. The van der Waals surface area contributed by atoms with Gasteiger partial charge < -0.3 is 19.2 Å². The van der Waals surface area contributed by atoms with Crippen LogP contribution in [0.25, 0.3) is 10.8 Å². The van der Waals surface area contributed by atoms with E-state index in [1.165, 1.54) is 11.3 Å². The molecule has 1 aromatic carbocycles. The third-order valence-electron chi connectivity index (χ3n) is 3.28. The minimum atomic E-state index is -0.139. The summed E-state index contributed by atoms with van der Waals surface area (Å²) in [5, 5.41) is 5.45. The molecule has 0 bridgehead atoms. The number of thiazole rings is 1. The fraction of sp³-hybridized carbons (Fsp3) is 0.125. The van der Waals surface area contributed by atoms with Gasteiger partial charge in [-0.05, 0) is 24.3 Å². The lowest BCUT2D eigenvalue weighted by Crippen LogP contribution is -2.14. The first kappa shape index (κ1) is 13.8. The lowest BCUT2D eigenvalue weighted by molar-refractivity contribution is -0.115. The molecule has 0 unspecified atom stereocenters. The zero-order chi connectivity index (χ0) is 15.6. The van der Waals surface area contributed by atoms with E-state index < -0.39 is 0 Å². The molecule has 116 valence electrons. The van der Waals surface area contributed by atoms with Crippen LogP contribution in [0.3, 0.4) is 0 Å². The predicted octanol–water partition coefficient (Wildman–Crippen LogP) is 3.31. The molecule has 1 aliphatic rings. The predicted molar refractivity (Wildman–Crippen MR) is 84.7 cm³/mol. The first-order chi connectivity index (χ1) is 11.3. The summed E-state index contributed by atoms with van der Waals surface area (Å²) in [7, 11) is 0. The number of hydrogen-bond donors (Lipinski definition) is 1. The number of hydrogen-bond acceptors (Lipinski definition) is 6. The summed E-state index contributed by atoms with van der Waals surface area (Å²) in [4.78, 5) is 16.5. The van der Waals surface area contributed by atoms with Crippen molar-refractivity contribution in [2.24, 2.45) is 0 Å². The maximum Gasteiger partial charge on any atom is 0.231 e. The van der Waals surface area contributed by atoms with E-state index in [4.69, 9.17) is 13.9 Å². The molecule has 0 fully saturated rings. The van der Waals surface area contributed by atoms with Gasteiger partial charge in [-0.15, -0.1) is 11.3 Å². The minimum absolute atomic E-state index is 0.139. The Morgan fingerprint density at radius 3 is 3.04 bits per heavy atom. The molecule has 0 saturated heterocycles. The second-order valence-electron chi connectivity index (χ2n) is 4.91. The number of nitrogens with one attached hydrogen (secondary N) is 1. The highest BCUT2D eigenvalue weighted by Crippen LogP contribution is 2.34. The van der Waals surface area contributed by atoms with Crippen molar-refractivity contribution in [3.05, 3.63) is 47.7 Å². The van der Waals surface area contributed by atoms with E-state index in [1.807, 2.05) is 17.5 Å². The summed E-state index contributed by atoms with van der Waals surface area (Å²) in [6.45, 7) is 0.209. The molecule has 0 spiro atoms. The third kappa shape index (κ3) is 2.91. The minimum Gasteiger partial charge on any atom is -0.462 e. The lowest BCUT2D eigenvalue weighted by Gasteiger charge is -2.05. The number of nitrogens with zero attached hydrogens (tertiary/aromatic N) is 1. The van der Waals surface area contributed by atoms with Crippen molar-refractivity contribution in [2.45, 2.75) is 6.42 Å². The summed E-state index contributed by atoms with van der Waals surface area (Å²) in [6, 6.07) is 8.95. The highest BCUT2D eigenvalue weighted by atomic mass is 32.1. The molecular weight excluding hydrogens is 316 g/mol. The summed E-state index contributed by atoms with van der Waals surface area (Å²) in [5.41, 5.74) is 1.38. The van der Waals surface area contributed by atoms with Crippen molar-refractivity contribution in [1.29, 1.82) is 0 Å². The summed E-state index contributed by atoms with van der Waals surface area (Å²) in [5.74, 6) is 1.89. The first-order valence-corrected chi connectivity index (χ1v) is 7.84. The Morgan fingerprint density at radius 1 is 1.26 bits per heavy atom. The molecule has 4 rings (SSSR count). The monoisotopic (exact) mass is 328 g/mol. The number of amides is 1. The number of aromatic nitrogens is 1. The number of benzene rings is 1. The Morgan fingerprint density at radius 2 is 2.17 bits per heavy atom. The van der Waals surface area contributed by atoms with Crippen LogP contribution in [0.4, 0.5) is 5.69 Å². The molecule has 1 aliphatic heterocycles. The maximum absolute atomic E-state index is 12.1. The zero-order valence-electron chi connectivity index (χ0n) is 11.9. The number of carbonyl (C=O) groups excluding carboxylic acids is 1. The van der Waals surface area contributed by atoms with Crippen LogP contribution in [-0.2, 0) is 11.2 Å². The van der Waals surface area contributed by atoms with Crippen LogP contribution in [0.1, 0.15) is 5.69 Å². The molecule has 2 aromatic heterocycles. The Balaban J connectivity index is 1.42. The first-order valence-electron chi connectivity index (χ1n) is 6.96. The second-order valence-corrected chi connectivity index (χ2v) is 5.77. The van der Waals surface area contributed by atoms with E-state index in [2.05, 4.69) is 10.3 Å². The van der Waals surface area contributed by atoms with Gasteiger partial charge in [0.15, 0.2) is 22.3 Å². The van der Waals surface area contributed by atoms with E-state index in [-0.39, 0.29) is 19.1 Å².